The molecule has 96 valence electrons. The molecule has 3 heteroatoms. The van der Waals surface area contributed by atoms with Crippen molar-refractivity contribution in [3.05, 3.63) is 21.3 Å². The van der Waals surface area contributed by atoms with E-state index in [0.29, 0.717) is 6.04 Å². The Hall–Kier alpha value is -0.0500. The minimum atomic E-state index is 0.427. The van der Waals surface area contributed by atoms with Crippen molar-refractivity contribution in [2.45, 2.75) is 45.6 Å². The minimum absolute atomic E-state index is 0.427. The molecule has 1 heterocycles. The molecule has 17 heavy (non-hydrogen) atoms. The Balaban J connectivity index is 1.77. The highest BCUT2D eigenvalue weighted by molar-refractivity contribution is 7.14. The fourth-order valence-corrected chi connectivity index (χ4v) is 3.74. The van der Waals surface area contributed by atoms with Crippen LogP contribution in [0.3, 0.4) is 0 Å². The highest BCUT2D eigenvalue weighted by atomic mass is 35.5. The summed E-state index contributed by atoms with van der Waals surface area (Å²) in [5, 5.41) is 5.81. The van der Waals surface area contributed by atoms with Crippen LogP contribution in [-0.2, 0) is 0 Å². The first kappa shape index (κ1) is 13.4. The maximum atomic E-state index is 5.96. The van der Waals surface area contributed by atoms with Crippen molar-refractivity contribution < 1.29 is 0 Å². The maximum absolute atomic E-state index is 5.96. The van der Waals surface area contributed by atoms with E-state index in [1.165, 1.54) is 31.2 Å². The largest absolute Gasteiger partial charge is 0.310 e. The Morgan fingerprint density at radius 3 is 3.00 bits per heavy atom. The third kappa shape index (κ3) is 3.97. The Morgan fingerprint density at radius 2 is 2.35 bits per heavy atom. The molecular weight excluding hydrogens is 250 g/mol. The van der Waals surface area contributed by atoms with Gasteiger partial charge in [-0.15, -0.1) is 11.3 Å². The molecule has 0 aromatic carbocycles. The molecule has 0 aliphatic heterocycles. The van der Waals surface area contributed by atoms with Crippen LogP contribution in [0.2, 0.25) is 4.34 Å². The third-order valence-corrected chi connectivity index (χ3v) is 4.95. The molecule has 1 aliphatic carbocycles. The van der Waals surface area contributed by atoms with Crippen LogP contribution in [-0.4, -0.2) is 6.54 Å². The molecule has 1 saturated carbocycles. The van der Waals surface area contributed by atoms with Gasteiger partial charge >= 0.3 is 0 Å². The molecular formula is C14H22ClNS. The van der Waals surface area contributed by atoms with Gasteiger partial charge in [-0.1, -0.05) is 31.4 Å². The summed E-state index contributed by atoms with van der Waals surface area (Å²) in [5.41, 5.74) is 1.32. The predicted molar refractivity (Wildman–Crippen MR) is 76.9 cm³/mol. The second-order valence-electron chi connectivity index (χ2n) is 5.45. The van der Waals surface area contributed by atoms with Crippen LogP contribution in [0.4, 0.5) is 0 Å². The predicted octanol–water partition coefficient (Wildman–Crippen LogP) is 4.88. The van der Waals surface area contributed by atoms with Gasteiger partial charge in [-0.05, 0) is 55.2 Å². The number of halogens is 1. The second-order valence-corrected chi connectivity index (χ2v) is 6.99. The van der Waals surface area contributed by atoms with E-state index in [2.05, 4.69) is 30.6 Å². The second kappa shape index (κ2) is 6.21. The molecule has 1 N–H and O–H groups in total. The van der Waals surface area contributed by atoms with E-state index in [0.717, 1.165) is 22.7 Å². The van der Waals surface area contributed by atoms with Crippen LogP contribution in [0, 0.1) is 11.8 Å². The number of thiophene rings is 1. The minimum Gasteiger partial charge on any atom is -0.310 e. The van der Waals surface area contributed by atoms with Gasteiger partial charge < -0.3 is 5.32 Å². The first-order chi connectivity index (χ1) is 8.15. The van der Waals surface area contributed by atoms with E-state index < -0.39 is 0 Å². The molecule has 1 aliphatic rings. The van der Waals surface area contributed by atoms with E-state index in [9.17, 15) is 0 Å². The molecule has 1 aromatic heterocycles. The van der Waals surface area contributed by atoms with Crippen LogP contribution in [0.15, 0.2) is 11.4 Å². The van der Waals surface area contributed by atoms with Crippen molar-refractivity contribution in [3.63, 3.8) is 0 Å². The molecule has 3 atom stereocenters. The van der Waals surface area contributed by atoms with Gasteiger partial charge in [0.05, 0.1) is 4.34 Å². The van der Waals surface area contributed by atoms with Crippen LogP contribution >= 0.6 is 22.9 Å². The zero-order valence-electron chi connectivity index (χ0n) is 10.7. The number of hydrogen-bond donors (Lipinski definition) is 1. The molecule has 1 fully saturated rings. The molecule has 1 aromatic rings. The number of hydrogen-bond acceptors (Lipinski definition) is 2. The molecule has 0 bridgehead atoms. The topological polar surface area (TPSA) is 12.0 Å². The zero-order chi connectivity index (χ0) is 12.3. The molecule has 0 spiro atoms. The Morgan fingerprint density at radius 1 is 1.53 bits per heavy atom. The van der Waals surface area contributed by atoms with Gasteiger partial charge in [0.25, 0.3) is 0 Å². The molecule has 1 nitrogen and oxygen atoms in total. The molecule has 0 radical (unpaired) electrons. The van der Waals surface area contributed by atoms with Gasteiger partial charge in [0, 0.05) is 6.04 Å². The summed E-state index contributed by atoms with van der Waals surface area (Å²) < 4.78 is 0.889. The molecule has 0 amide bonds. The van der Waals surface area contributed by atoms with Crippen LogP contribution in [0.25, 0.3) is 0 Å². The Kier molecular flexibility index (Phi) is 4.89. The zero-order valence-corrected chi connectivity index (χ0v) is 12.3. The van der Waals surface area contributed by atoms with Crippen LogP contribution in [0.5, 0.6) is 0 Å². The first-order valence-corrected chi connectivity index (χ1v) is 7.88. The van der Waals surface area contributed by atoms with Crippen LogP contribution in [0.1, 0.15) is 51.1 Å². The van der Waals surface area contributed by atoms with Gasteiger partial charge in [-0.3, -0.25) is 0 Å². The van der Waals surface area contributed by atoms with Crippen LogP contribution < -0.4 is 5.32 Å². The van der Waals surface area contributed by atoms with Gasteiger partial charge in [0.1, 0.15) is 0 Å². The lowest BCUT2D eigenvalue weighted by Gasteiger charge is -2.28. The Bertz CT molecular complexity index is 350. The Labute approximate surface area is 114 Å². The van der Waals surface area contributed by atoms with E-state index in [1.54, 1.807) is 11.3 Å². The van der Waals surface area contributed by atoms with Crippen molar-refractivity contribution in [2.75, 3.05) is 6.54 Å². The normalized spacial score (nSPS) is 27.0. The molecule has 3 unspecified atom stereocenters. The number of rotatable bonds is 4. The molecule has 0 saturated heterocycles. The average Bonchev–Trinajstić information content (AvgIpc) is 2.73. The summed E-state index contributed by atoms with van der Waals surface area (Å²) in [6.45, 7) is 5.76. The van der Waals surface area contributed by atoms with Crippen molar-refractivity contribution in [1.82, 2.24) is 5.32 Å². The summed E-state index contributed by atoms with van der Waals surface area (Å²) in [6, 6.07) is 2.50. The highest BCUT2D eigenvalue weighted by Crippen LogP contribution is 2.29. The first-order valence-electron chi connectivity index (χ1n) is 6.62. The smallest absolute Gasteiger partial charge is 0.0931 e. The maximum Gasteiger partial charge on any atom is 0.0931 e. The average molecular weight is 272 g/mol. The van der Waals surface area contributed by atoms with E-state index in [4.69, 9.17) is 11.6 Å². The lowest BCUT2D eigenvalue weighted by molar-refractivity contribution is 0.269. The van der Waals surface area contributed by atoms with Crippen molar-refractivity contribution in [2.24, 2.45) is 11.8 Å². The lowest BCUT2D eigenvalue weighted by atomic mass is 9.82. The van der Waals surface area contributed by atoms with E-state index in [-0.39, 0.29) is 0 Å². The van der Waals surface area contributed by atoms with Crippen molar-refractivity contribution >= 4 is 22.9 Å². The fraction of sp³-hybridized carbons (Fsp3) is 0.714. The van der Waals surface area contributed by atoms with Crippen molar-refractivity contribution in [1.29, 1.82) is 0 Å². The molecule has 2 rings (SSSR count). The van der Waals surface area contributed by atoms with E-state index >= 15 is 0 Å². The summed E-state index contributed by atoms with van der Waals surface area (Å²) in [5.74, 6) is 1.79. The van der Waals surface area contributed by atoms with Gasteiger partial charge in [-0.2, -0.15) is 0 Å². The third-order valence-electron chi connectivity index (χ3n) is 3.85. The standard InChI is InChI=1S/C14H22ClNS/c1-10-4-3-5-12(6-10)8-16-11(2)13-7-14(15)17-9-13/h7,9-12,16H,3-6,8H2,1-2H3. The van der Waals surface area contributed by atoms with Gasteiger partial charge in [0.15, 0.2) is 0 Å². The number of nitrogens with one attached hydrogen (secondary N) is 1. The van der Waals surface area contributed by atoms with Crippen molar-refractivity contribution in [3.8, 4) is 0 Å². The quantitative estimate of drug-likeness (QED) is 0.823. The summed E-state index contributed by atoms with van der Waals surface area (Å²) in [6.07, 6.45) is 5.62. The summed E-state index contributed by atoms with van der Waals surface area (Å²) >= 11 is 7.58. The summed E-state index contributed by atoms with van der Waals surface area (Å²) in [7, 11) is 0. The lowest BCUT2D eigenvalue weighted by Crippen LogP contribution is -2.28. The van der Waals surface area contributed by atoms with E-state index in [1.807, 2.05) is 0 Å². The summed E-state index contributed by atoms with van der Waals surface area (Å²) in [4.78, 5) is 0. The SMILES string of the molecule is CC1CCCC(CNC(C)c2csc(Cl)c2)C1. The van der Waals surface area contributed by atoms with Gasteiger partial charge in [-0.25, -0.2) is 0 Å². The monoisotopic (exact) mass is 271 g/mol. The fourth-order valence-electron chi connectivity index (χ4n) is 2.76. The van der Waals surface area contributed by atoms with Gasteiger partial charge in [0.2, 0.25) is 0 Å². The highest BCUT2D eigenvalue weighted by Gasteiger charge is 2.19.